The standard InChI is InChI=1S/C16H19N3O3S2/c1-11(19-24(21,22)12-7-3-2-4-8-12)15(20)18-16-17-13-9-5-6-10-14(13)23-16/h2-4,7-8,11,19H,5-6,9-10H2,1H3,(H,17,18,20)/t11-/m0/s1. The number of aromatic nitrogens is 1. The minimum atomic E-state index is -3.73. The summed E-state index contributed by atoms with van der Waals surface area (Å²) in [6.07, 6.45) is 4.21. The normalized spacial score (nSPS) is 15.5. The van der Waals surface area contributed by atoms with Crippen LogP contribution in [0.15, 0.2) is 35.2 Å². The van der Waals surface area contributed by atoms with E-state index in [2.05, 4.69) is 15.0 Å². The molecule has 8 heteroatoms. The monoisotopic (exact) mass is 365 g/mol. The number of thiazole rings is 1. The first kappa shape index (κ1) is 17.1. The van der Waals surface area contributed by atoms with Crippen molar-refractivity contribution in [2.24, 2.45) is 0 Å². The Morgan fingerprint density at radius 3 is 2.62 bits per heavy atom. The quantitative estimate of drug-likeness (QED) is 0.851. The van der Waals surface area contributed by atoms with Crippen LogP contribution in [0.3, 0.4) is 0 Å². The topological polar surface area (TPSA) is 88.2 Å². The van der Waals surface area contributed by atoms with Crippen molar-refractivity contribution in [3.63, 3.8) is 0 Å². The van der Waals surface area contributed by atoms with Crippen LogP contribution in [-0.4, -0.2) is 25.4 Å². The van der Waals surface area contributed by atoms with Gasteiger partial charge < -0.3 is 5.32 Å². The first-order valence-electron chi connectivity index (χ1n) is 7.82. The molecule has 0 saturated carbocycles. The van der Waals surface area contributed by atoms with Crippen molar-refractivity contribution in [2.75, 3.05) is 5.32 Å². The van der Waals surface area contributed by atoms with Crippen LogP contribution in [-0.2, 0) is 27.7 Å². The molecule has 24 heavy (non-hydrogen) atoms. The van der Waals surface area contributed by atoms with E-state index in [1.54, 1.807) is 18.2 Å². The average molecular weight is 365 g/mol. The Labute approximate surface area is 145 Å². The summed E-state index contributed by atoms with van der Waals surface area (Å²) in [7, 11) is -3.73. The summed E-state index contributed by atoms with van der Waals surface area (Å²) in [6, 6.07) is 7.10. The van der Waals surface area contributed by atoms with Gasteiger partial charge in [-0.05, 0) is 44.7 Å². The van der Waals surface area contributed by atoms with Crippen molar-refractivity contribution in [3.8, 4) is 0 Å². The van der Waals surface area contributed by atoms with E-state index in [9.17, 15) is 13.2 Å². The number of sulfonamides is 1. The first-order chi connectivity index (χ1) is 11.5. The van der Waals surface area contributed by atoms with Gasteiger partial charge in [-0.25, -0.2) is 13.4 Å². The highest BCUT2D eigenvalue weighted by atomic mass is 32.2. The van der Waals surface area contributed by atoms with Crippen LogP contribution < -0.4 is 10.0 Å². The minimum absolute atomic E-state index is 0.134. The Hall–Kier alpha value is -1.77. The molecule has 1 aromatic heterocycles. The maximum atomic E-state index is 12.3. The molecule has 1 heterocycles. The van der Waals surface area contributed by atoms with Gasteiger partial charge in [0.1, 0.15) is 0 Å². The molecule has 1 amide bonds. The number of amides is 1. The number of fused-ring (bicyclic) bond motifs is 1. The Kier molecular flexibility index (Phi) is 4.98. The van der Waals surface area contributed by atoms with Crippen LogP contribution in [0.1, 0.15) is 30.3 Å². The number of nitrogens with zero attached hydrogens (tertiary/aromatic N) is 1. The maximum absolute atomic E-state index is 12.3. The largest absolute Gasteiger partial charge is 0.301 e. The molecule has 1 aromatic carbocycles. The molecule has 0 unspecified atom stereocenters. The summed E-state index contributed by atoms with van der Waals surface area (Å²) in [6.45, 7) is 1.52. The van der Waals surface area contributed by atoms with E-state index in [0.717, 1.165) is 31.4 Å². The van der Waals surface area contributed by atoms with Gasteiger partial charge in [0.05, 0.1) is 16.6 Å². The lowest BCUT2D eigenvalue weighted by molar-refractivity contribution is -0.117. The van der Waals surface area contributed by atoms with Gasteiger partial charge in [-0.3, -0.25) is 4.79 Å². The van der Waals surface area contributed by atoms with Crippen LogP contribution >= 0.6 is 11.3 Å². The highest BCUT2D eigenvalue weighted by Gasteiger charge is 2.23. The zero-order valence-corrected chi connectivity index (χ0v) is 14.9. The number of rotatable bonds is 5. The lowest BCUT2D eigenvalue weighted by atomic mass is 10.0. The fourth-order valence-corrected chi connectivity index (χ4v) is 4.85. The van der Waals surface area contributed by atoms with E-state index in [4.69, 9.17) is 0 Å². The van der Waals surface area contributed by atoms with Crippen LogP contribution in [0.4, 0.5) is 5.13 Å². The summed E-state index contributed by atoms with van der Waals surface area (Å²) >= 11 is 1.48. The van der Waals surface area contributed by atoms with E-state index >= 15 is 0 Å². The van der Waals surface area contributed by atoms with E-state index in [-0.39, 0.29) is 4.90 Å². The molecule has 0 saturated heterocycles. The zero-order chi connectivity index (χ0) is 17.2. The summed E-state index contributed by atoms with van der Waals surface area (Å²) < 4.78 is 26.9. The number of nitrogens with one attached hydrogen (secondary N) is 2. The predicted octanol–water partition coefficient (Wildman–Crippen LogP) is 2.33. The minimum Gasteiger partial charge on any atom is -0.301 e. The van der Waals surface area contributed by atoms with Gasteiger partial charge >= 0.3 is 0 Å². The van der Waals surface area contributed by atoms with Crippen molar-refractivity contribution in [1.82, 2.24) is 9.71 Å². The van der Waals surface area contributed by atoms with E-state index in [1.165, 1.54) is 35.3 Å². The van der Waals surface area contributed by atoms with Crippen molar-refractivity contribution < 1.29 is 13.2 Å². The molecule has 0 spiro atoms. The molecule has 3 rings (SSSR count). The molecule has 2 aromatic rings. The van der Waals surface area contributed by atoms with Gasteiger partial charge in [-0.1, -0.05) is 18.2 Å². The number of benzene rings is 1. The molecule has 0 bridgehead atoms. The lowest BCUT2D eigenvalue weighted by Crippen LogP contribution is -2.41. The maximum Gasteiger partial charge on any atom is 0.244 e. The van der Waals surface area contributed by atoms with E-state index < -0.39 is 22.0 Å². The molecule has 1 aliphatic carbocycles. The van der Waals surface area contributed by atoms with Crippen LogP contribution in [0.2, 0.25) is 0 Å². The Bertz CT molecular complexity index is 808. The van der Waals surface area contributed by atoms with Gasteiger partial charge in [-0.15, -0.1) is 11.3 Å². The molecule has 0 fully saturated rings. The first-order valence-corrected chi connectivity index (χ1v) is 10.1. The summed E-state index contributed by atoms with van der Waals surface area (Å²) in [4.78, 5) is 18.1. The molecule has 0 aliphatic heterocycles. The molecule has 1 aliphatic rings. The Morgan fingerprint density at radius 1 is 1.21 bits per heavy atom. The fraction of sp³-hybridized carbons (Fsp3) is 0.375. The van der Waals surface area contributed by atoms with Crippen molar-refractivity contribution >= 4 is 32.4 Å². The second-order valence-corrected chi connectivity index (χ2v) is 8.54. The zero-order valence-electron chi connectivity index (χ0n) is 13.3. The molecule has 0 radical (unpaired) electrons. The summed E-state index contributed by atoms with van der Waals surface area (Å²) in [5, 5.41) is 3.25. The molecular weight excluding hydrogens is 346 g/mol. The number of anilines is 1. The van der Waals surface area contributed by atoms with Crippen molar-refractivity contribution in [3.05, 3.63) is 40.9 Å². The summed E-state index contributed by atoms with van der Waals surface area (Å²) in [5.74, 6) is -0.416. The third-order valence-corrected chi connectivity index (χ3v) is 6.48. The highest BCUT2D eigenvalue weighted by molar-refractivity contribution is 7.89. The van der Waals surface area contributed by atoms with E-state index in [0.29, 0.717) is 5.13 Å². The molecule has 2 N–H and O–H groups in total. The van der Waals surface area contributed by atoms with E-state index in [1.807, 2.05) is 0 Å². The number of carbonyl (C=O) groups excluding carboxylic acids is 1. The van der Waals surface area contributed by atoms with Crippen molar-refractivity contribution in [1.29, 1.82) is 0 Å². The fourth-order valence-electron chi connectivity index (χ4n) is 2.57. The smallest absolute Gasteiger partial charge is 0.244 e. The van der Waals surface area contributed by atoms with Crippen LogP contribution in [0.25, 0.3) is 0 Å². The predicted molar refractivity (Wildman–Crippen MR) is 93.6 cm³/mol. The number of hydrogen-bond acceptors (Lipinski definition) is 5. The Morgan fingerprint density at radius 2 is 1.92 bits per heavy atom. The second-order valence-electron chi connectivity index (χ2n) is 5.74. The van der Waals surface area contributed by atoms with Gasteiger partial charge in [-0.2, -0.15) is 4.72 Å². The third-order valence-electron chi connectivity index (χ3n) is 3.85. The number of hydrogen-bond donors (Lipinski definition) is 2. The SMILES string of the molecule is C[C@H](NS(=O)(=O)c1ccccc1)C(=O)Nc1nc2c(s1)CCCC2. The summed E-state index contributed by atoms with van der Waals surface area (Å²) in [5.41, 5.74) is 1.05. The van der Waals surface area contributed by atoms with Crippen LogP contribution in [0, 0.1) is 0 Å². The van der Waals surface area contributed by atoms with Gasteiger partial charge in [0.2, 0.25) is 15.9 Å². The second kappa shape index (κ2) is 7.00. The van der Waals surface area contributed by atoms with Gasteiger partial charge in [0.25, 0.3) is 0 Å². The average Bonchev–Trinajstić information content (AvgIpc) is 2.97. The molecule has 1 atom stereocenters. The lowest BCUT2D eigenvalue weighted by Gasteiger charge is -2.13. The molecule has 128 valence electrons. The third kappa shape index (κ3) is 3.82. The molecule has 6 nitrogen and oxygen atoms in total. The van der Waals surface area contributed by atoms with Gasteiger partial charge in [0, 0.05) is 4.88 Å². The molecular formula is C16H19N3O3S2. The van der Waals surface area contributed by atoms with Crippen molar-refractivity contribution in [2.45, 2.75) is 43.5 Å². The highest BCUT2D eigenvalue weighted by Crippen LogP contribution is 2.29. The van der Waals surface area contributed by atoms with Gasteiger partial charge in [0.15, 0.2) is 5.13 Å². The number of carbonyl (C=O) groups is 1. The Balaban J connectivity index is 1.65. The van der Waals surface area contributed by atoms with Crippen LogP contribution in [0.5, 0.6) is 0 Å². The number of aryl methyl sites for hydroxylation is 2.